The van der Waals surface area contributed by atoms with Crippen LogP contribution in [0.1, 0.15) is 55.1 Å². The third kappa shape index (κ3) is 3.31. The van der Waals surface area contributed by atoms with E-state index in [0.717, 1.165) is 5.92 Å². The third-order valence-corrected chi connectivity index (χ3v) is 5.06. The number of hydrogen-bond acceptors (Lipinski definition) is 2. The summed E-state index contributed by atoms with van der Waals surface area (Å²) in [4.78, 5) is 1.50. The molecule has 20 heavy (non-hydrogen) atoms. The summed E-state index contributed by atoms with van der Waals surface area (Å²) < 4.78 is 0. The van der Waals surface area contributed by atoms with Crippen LogP contribution in [0.2, 0.25) is 0 Å². The molecule has 0 amide bonds. The second kappa shape index (κ2) is 6.55. The molecule has 1 saturated carbocycles. The van der Waals surface area contributed by atoms with E-state index >= 15 is 0 Å². The van der Waals surface area contributed by atoms with Gasteiger partial charge in [0.15, 0.2) is 0 Å². The van der Waals surface area contributed by atoms with E-state index in [0.29, 0.717) is 12.1 Å². The molecule has 0 radical (unpaired) electrons. The molecule has 2 atom stereocenters. The number of nitrogens with one attached hydrogen (secondary N) is 1. The van der Waals surface area contributed by atoms with E-state index in [9.17, 15) is 0 Å². The van der Waals surface area contributed by atoms with Crippen molar-refractivity contribution in [2.24, 2.45) is 5.92 Å². The molecule has 106 valence electrons. The highest BCUT2D eigenvalue weighted by Gasteiger charge is 2.34. The van der Waals surface area contributed by atoms with E-state index in [-0.39, 0.29) is 0 Å². The van der Waals surface area contributed by atoms with Crippen molar-refractivity contribution in [1.29, 1.82) is 0 Å². The van der Waals surface area contributed by atoms with Crippen molar-refractivity contribution in [2.45, 2.75) is 44.7 Å². The third-order valence-electron chi connectivity index (χ3n) is 4.10. The molecular weight excluding hydrogens is 262 g/mol. The normalized spacial score (nSPS) is 17.9. The van der Waals surface area contributed by atoms with Gasteiger partial charge in [-0.1, -0.05) is 49.7 Å². The van der Waals surface area contributed by atoms with Crippen molar-refractivity contribution in [3.8, 4) is 0 Å². The van der Waals surface area contributed by atoms with Crippen LogP contribution in [0.15, 0.2) is 47.8 Å². The van der Waals surface area contributed by atoms with Gasteiger partial charge in [-0.15, -0.1) is 11.3 Å². The lowest BCUT2D eigenvalue weighted by molar-refractivity contribution is 0.395. The Balaban J connectivity index is 1.77. The van der Waals surface area contributed by atoms with E-state index in [1.54, 1.807) is 0 Å². The van der Waals surface area contributed by atoms with E-state index in [4.69, 9.17) is 0 Å². The van der Waals surface area contributed by atoms with Crippen LogP contribution in [0, 0.1) is 5.92 Å². The Bertz CT molecular complexity index is 501. The van der Waals surface area contributed by atoms with Crippen LogP contribution in [0.5, 0.6) is 0 Å². The fourth-order valence-electron chi connectivity index (χ4n) is 2.89. The highest BCUT2D eigenvalue weighted by molar-refractivity contribution is 7.10. The fraction of sp³-hybridized carbons (Fsp3) is 0.444. The summed E-state index contributed by atoms with van der Waals surface area (Å²) >= 11 is 1.89. The summed E-state index contributed by atoms with van der Waals surface area (Å²) in [6.07, 6.45) is 5.18. The quantitative estimate of drug-likeness (QED) is 0.725. The predicted molar refractivity (Wildman–Crippen MR) is 87.0 cm³/mol. The van der Waals surface area contributed by atoms with Crippen LogP contribution < -0.4 is 5.32 Å². The van der Waals surface area contributed by atoms with Crippen molar-refractivity contribution < 1.29 is 0 Å². The Kier molecular flexibility index (Phi) is 4.54. The SMILES string of the molecule is CCCC(NC(c1cccs1)C1CC1)c1ccccc1. The molecule has 0 saturated heterocycles. The van der Waals surface area contributed by atoms with E-state index < -0.39 is 0 Å². The van der Waals surface area contributed by atoms with Crippen molar-refractivity contribution in [2.75, 3.05) is 0 Å². The fourth-order valence-corrected chi connectivity index (χ4v) is 3.76. The van der Waals surface area contributed by atoms with Crippen LogP contribution in [-0.2, 0) is 0 Å². The standard InChI is InChI=1S/C18H23NS/c1-2-7-16(14-8-4-3-5-9-14)19-18(15-11-12-15)17-10-6-13-20-17/h3-6,8-10,13,15-16,18-19H,2,7,11-12H2,1H3. The topological polar surface area (TPSA) is 12.0 Å². The minimum atomic E-state index is 0.480. The molecule has 2 unspecified atom stereocenters. The number of rotatable bonds is 7. The lowest BCUT2D eigenvalue weighted by atomic mass is 10.00. The maximum Gasteiger partial charge on any atom is 0.0448 e. The van der Waals surface area contributed by atoms with Gasteiger partial charge in [-0.25, -0.2) is 0 Å². The Morgan fingerprint density at radius 2 is 1.95 bits per heavy atom. The molecule has 0 spiro atoms. The van der Waals surface area contributed by atoms with Crippen molar-refractivity contribution >= 4 is 11.3 Å². The van der Waals surface area contributed by atoms with Crippen LogP contribution >= 0.6 is 11.3 Å². The number of benzene rings is 1. The van der Waals surface area contributed by atoms with Gasteiger partial charge in [0, 0.05) is 17.0 Å². The summed E-state index contributed by atoms with van der Waals surface area (Å²) in [6, 6.07) is 16.4. The summed E-state index contributed by atoms with van der Waals surface area (Å²) in [7, 11) is 0. The lowest BCUT2D eigenvalue weighted by Crippen LogP contribution is -2.27. The zero-order chi connectivity index (χ0) is 13.8. The van der Waals surface area contributed by atoms with E-state index in [1.165, 1.54) is 36.1 Å². The summed E-state index contributed by atoms with van der Waals surface area (Å²) in [5.74, 6) is 0.844. The first kappa shape index (κ1) is 13.8. The molecule has 1 aliphatic carbocycles. The van der Waals surface area contributed by atoms with Crippen molar-refractivity contribution in [1.82, 2.24) is 5.32 Å². The average Bonchev–Trinajstić information content (AvgIpc) is 3.18. The minimum absolute atomic E-state index is 0.480. The summed E-state index contributed by atoms with van der Waals surface area (Å²) in [6.45, 7) is 2.27. The van der Waals surface area contributed by atoms with Crippen LogP contribution in [0.3, 0.4) is 0 Å². The van der Waals surface area contributed by atoms with E-state index in [1.807, 2.05) is 11.3 Å². The number of hydrogen-bond donors (Lipinski definition) is 1. The molecule has 1 nitrogen and oxygen atoms in total. The zero-order valence-electron chi connectivity index (χ0n) is 12.1. The molecule has 1 aromatic heterocycles. The van der Waals surface area contributed by atoms with Gasteiger partial charge in [0.05, 0.1) is 0 Å². The highest BCUT2D eigenvalue weighted by Crippen LogP contribution is 2.43. The first-order valence-electron chi connectivity index (χ1n) is 7.73. The summed E-state index contributed by atoms with van der Waals surface area (Å²) in [5, 5.41) is 6.14. The smallest absolute Gasteiger partial charge is 0.0448 e. The molecule has 3 rings (SSSR count). The predicted octanol–water partition coefficient (Wildman–Crippen LogP) is 5.33. The van der Waals surface area contributed by atoms with Gasteiger partial charge >= 0.3 is 0 Å². The van der Waals surface area contributed by atoms with Gasteiger partial charge in [-0.05, 0) is 42.2 Å². The largest absolute Gasteiger partial charge is 0.302 e. The molecular formula is C18H23NS. The Hall–Kier alpha value is -1.12. The van der Waals surface area contributed by atoms with Gasteiger partial charge < -0.3 is 5.32 Å². The van der Waals surface area contributed by atoms with Crippen LogP contribution in [-0.4, -0.2) is 0 Å². The van der Waals surface area contributed by atoms with Gasteiger partial charge in [0.2, 0.25) is 0 Å². The molecule has 2 heteroatoms. The summed E-state index contributed by atoms with van der Waals surface area (Å²) in [5.41, 5.74) is 1.43. The lowest BCUT2D eigenvalue weighted by Gasteiger charge is -2.25. The Morgan fingerprint density at radius 3 is 2.55 bits per heavy atom. The molecule has 1 heterocycles. The van der Waals surface area contributed by atoms with Gasteiger partial charge in [0.25, 0.3) is 0 Å². The highest BCUT2D eigenvalue weighted by atomic mass is 32.1. The maximum atomic E-state index is 3.95. The molecule has 0 aliphatic heterocycles. The van der Waals surface area contributed by atoms with E-state index in [2.05, 4.69) is 60.1 Å². The second-order valence-electron chi connectivity index (χ2n) is 5.75. The second-order valence-corrected chi connectivity index (χ2v) is 6.73. The van der Waals surface area contributed by atoms with Crippen LogP contribution in [0.4, 0.5) is 0 Å². The molecule has 1 N–H and O–H groups in total. The molecule has 2 aromatic rings. The monoisotopic (exact) mass is 285 g/mol. The first-order chi connectivity index (χ1) is 9.88. The molecule has 1 aliphatic rings. The number of thiophene rings is 1. The van der Waals surface area contributed by atoms with Crippen molar-refractivity contribution in [3.63, 3.8) is 0 Å². The minimum Gasteiger partial charge on any atom is -0.302 e. The van der Waals surface area contributed by atoms with Gasteiger partial charge in [-0.2, -0.15) is 0 Å². The zero-order valence-corrected chi connectivity index (χ0v) is 12.9. The average molecular weight is 285 g/mol. The van der Waals surface area contributed by atoms with Gasteiger partial charge in [0.1, 0.15) is 0 Å². The van der Waals surface area contributed by atoms with Gasteiger partial charge in [-0.3, -0.25) is 0 Å². The van der Waals surface area contributed by atoms with Crippen molar-refractivity contribution in [3.05, 3.63) is 58.3 Å². The molecule has 0 bridgehead atoms. The first-order valence-corrected chi connectivity index (χ1v) is 8.61. The Labute approximate surface area is 126 Å². The molecule has 1 aromatic carbocycles. The Morgan fingerprint density at radius 1 is 1.15 bits per heavy atom. The maximum absolute atomic E-state index is 3.95. The molecule has 1 fully saturated rings. The van der Waals surface area contributed by atoms with Crippen LogP contribution in [0.25, 0.3) is 0 Å².